The summed E-state index contributed by atoms with van der Waals surface area (Å²) in [6, 6.07) is 12.1. The van der Waals surface area contributed by atoms with Crippen LogP contribution < -0.4 is 10.1 Å². The molecular weight excluding hydrogens is 371 g/mol. The molecule has 1 amide bonds. The van der Waals surface area contributed by atoms with Crippen LogP contribution >= 0.6 is 34.8 Å². The first-order valence-electron chi connectivity index (χ1n) is 6.99. The van der Waals surface area contributed by atoms with E-state index in [-0.39, 0.29) is 25.5 Å². The molecule has 2 aromatic rings. The number of carbonyl (C=O) groups excluding carboxylic acids is 1. The number of nitrogens with one attached hydrogen (secondary N) is 1. The summed E-state index contributed by atoms with van der Waals surface area (Å²) < 4.78 is 5.79. The summed E-state index contributed by atoms with van der Waals surface area (Å²) in [6.45, 7) is 0.381. The second kappa shape index (κ2) is 8.79. The minimum atomic E-state index is -0.363. The first-order valence-corrected chi connectivity index (χ1v) is 8.12. The van der Waals surface area contributed by atoms with E-state index in [1.807, 2.05) is 0 Å². The van der Waals surface area contributed by atoms with Crippen molar-refractivity contribution in [1.82, 2.24) is 5.32 Å². The van der Waals surface area contributed by atoms with Crippen LogP contribution in [0.1, 0.15) is 17.5 Å². The van der Waals surface area contributed by atoms with Gasteiger partial charge in [0.2, 0.25) is 5.91 Å². The fourth-order valence-corrected chi connectivity index (χ4v) is 2.68. The lowest BCUT2D eigenvalue weighted by molar-refractivity contribution is -0.120. The standard InChI is InChI=1S/C17H13Cl3N2O2/c18-12-4-5-16(11(8-12)9-22-17(23)6-7-21)24-10-13-14(19)2-1-3-15(13)20/h1-5,8H,6,9-10H2,(H,22,23). The molecule has 0 saturated heterocycles. The van der Waals surface area contributed by atoms with Crippen LogP contribution in [0.5, 0.6) is 5.75 Å². The van der Waals surface area contributed by atoms with Crippen molar-refractivity contribution in [3.05, 3.63) is 62.6 Å². The largest absolute Gasteiger partial charge is 0.488 e. The number of nitriles is 1. The molecule has 1 N–H and O–H groups in total. The van der Waals surface area contributed by atoms with E-state index in [1.54, 1.807) is 42.5 Å². The molecule has 0 saturated carbocycles. The van der Waals surface area contributed by atoms with E-state index in [2.05, 4.69) is 5.32 Å². The van der Waals surface area contributed by atoms with Crippen LogP contribution in [0.15, 0.2) is 36.4 Å². The monoisotopic (exact) mass is 382 g/mol. The summed E-state index contributed by atoms with van der Waals surface area (Å²) in [7, 11) is 0. The SMILES string of the molecule is N#CCC(=O)NCc1cc(Cl)ccc1OCc1c(Cl)cccc1Cl. The van der Waals surface area contributed by atoms with E-state index in [0.29, 0.717) is 31.9 Å². The second-order valence-corrected chi connectivity index (χ2v) is 6.10. The summed E-state index contributed by atoms with van der Waals surface area (Å²) in [6.07, 6.45) is -0.202. The smallest absolute Gasteiger partial charge is 0.234 e. The highest BCUT2D eigenvalue weighted by atomic mass is 35.5. The Morgan fingerprint density at radius 1 is 1.17 bits per heavy atom. The molecule has 0 atom stereocenters. The highest BCUT2D eigenvalue weighted by Crippen LogP contribution is 2.28. The zero-order valence-corrected chi connectivity index (χ0v) is 14.8. The lowest BCUT2D eigenvalue weighted by Gasteiger charge is -2.14. The fourth-order valence-electron chi connectivity index (χ4n) is 1.98. The van der Waals surface area contributed by atoms with Crippen molar-refractivity contribution in [2.24, 2.45) is 0 Å². The van der Waals surface area contributed by atoms with E-state index >= 15 is 0 Å². The summed E-state index contributed by atoms with van der Waals surface area (Å²) in [5.74, 6) is 0.185. The Hall–Kier alpha value is -1.93. The number of carbonyl (C=O) groups is 1. The van der Waals surface area contributed by atoms with Crippen LogP contribution in [0.3, 0.4) is 0 Å². The number of rotatable bonds is 6. The van der Waals surface area contributed by atoms with Crippen LogP contribution in [-0.4, -0.2) is 5.91 Å². The molecule has 124 valence electrons. The average molecular weight is 384 g/mol. The second-order valence-electron chi connectivity index (χ2n) is 4.85. The van der Waals surface area contributed by atoms with Gasteiger partial charge >= 0.3 is 0 Å². The molecule has 2 rings (SSSR count). The topological polar surface area (TPSA) is 62.1 Å². The molecular formula is C17H13Cl3N2O2. The van der Waals surface area contributed by atoms with Gasteiger partial charge in [0.1, 0.15) is 18.8 Å². The van der Waals surface area contributed by atoms with E-state index in [4.69, 9.17) is 44.8 Å². The van der Waals surface area contributed by atoms with Crippen molar-refractivity contribution in [2.45, 2.75) is 19.6 Å². The van der Waals surface area contributed by atoms with Crippen molar-refractivity contribution < 1.29 is 9.53 Å². The Kier molecular flexibility index (Phi) is 6.74. The third kappa shape index (κ3) is 5.04. The van der Waals surface area contributed by atoms with Gasteiger partial charge in [0.25, 0.3) is 0 Å². The molecule has 0 fully saturated rings. The Morgan fingerprint density at radius 2 is 1.88 bits per heavy atom. The van der Waals surface area contributed by atoms with Crippen molar-refractivity contribution in [3.63, 3.8) is 0 Å². The van der Waals surface area contributed by atoms with Crippen molar-refractivity contribution in [2.75, 3.05) is 0 Å². The highest BCUT2D eigenvalue weighted by Gasteiger charge is 2.10. The maximum Gasteiger partial charge on any atom is 0.234 e. The number of hydrogen-bond acceptors (Lipinski definition) is 3. The van der Waals surface area contributed by atoms with Gasteiger partial charge in [-0.3, -0.25) is 4.79 Å². The van der Waals surface area contributed by atoms with Gasteiger partial charge in [-0.2, -0.15) is 5.26 Å². The molecule has 0 unspecified atom stereocenters. The molecule has 0 bridgehead atoms. The molecule has 24 heavy (non-hydrogen) atoms. The molecule has 0 aliphatic rings. The number of ether oxygens (including phenoxy) is 1. The number of amides is 1. The van der Waals surface area contributed by atoms with E-state index in [0.717, 1.165) is 0 Å². The molecule has 0 spiro atoms. The molecule has 7 heteroatoms. The molecule has 0 aromatic heterocycles. The van der Waals surface area contributed by atoms with Gasteiger partial charge in [0, 0.05) is 32.7 Å². The normalized spacial score (nSPS) is 10.1. The van der Waals surface area contributed by atoms with Gasteiger partial charge in [0.15, 0.2) is 0 Å². The van der Waals surface area contributed by atoms with Crippen LogP contribution in [0.25, 0.3) is 0 Å². The lowest BCUT2D eigenvalue weighted by atomic mass is 10.2. The average Bonchev–Trinajstić information content (AvgIpc) is 2.54. The summed E-state index contributed by atoms with van der Waals surface area (Å²) in [5, 5.41) is 12.7. The number of benzene rings is 2. The fraction of sp³-hybridized carbons (Fsp3) is 0.176. The Morgan fingerprint density at radius 3 is 2.54 bits per heavy atom. The maximum absolute atomic E-state index is 11.4. The maximum atomic E-state index is 11.4. The zero-order valence-electron chi connectivity index (χ0n) is 12.5. The summed E-state index contributed by atoms with van der Waals surface area (Å²) >= 11 is 18.2. The minimum absolute atomic E-state index is 0.180. The minimum Gasteiger partial charge on any atom is -0.488 e. The Bertz CT molecular complexity index is 768. The van der Waals surface area contributed by atoms with E-state index < -0.39 is 0 Å². The first kappa shape index (κ1) is 18.4. The van der Waals surface area contributed by atoms with E-state index in [9.17, 15) is 4.79 Å². The molecule has 0 aliphatic heterocycles. The van der Waals surface area contributed by atoms with Gasteiger partial charge in [0.05, 0.1) is 6.07 Å². The predicted octanol–water partition coefficient (Wildman–Crippen LogP) is 4.76. The zero-order chi connectivity index (χ0) is 17.5. The van der Waals surface area contributed by atoms with Crippen molar-refractivity contribution in [1.29, 1.82) is 5.26 Å². The van der Waals surface area contributed by atoms with Gasteiger partial charge in [-0.15, -0.1) is 0 Å². The Balaban J connectivity index is 2.12. The lowest BCUT2D eigenvalue weighted by Crippen LogP contribution is -2.22. The molecule has 4 nitrogen and oxygen atoms in total. The highest BCUT2D eigenvalue weighted by molar-refractivity contribution is 6.36. The van der Waals surface area contributed by atoms with Crippen LogP contribution in [-0.2, 0) is 17.9 Å². The predicted molar refractivity (Wildman–Crippen MR) is 94.3 cm³/mol. The van der Waals surface area contributed by atoms with E-state index in [1.165, 1.54) is 0 Å². The van der Waals surface area contributed by atoms with Crippen LogP contribution in [0.4, 0.5) is 0 Å². The number of halogens is 3. The van der Waals surface area contributed by atoms with Crippen molar-refractivity contribution in [3.8, 4) is 11.8 Å². The third-order valence-electron chi connectivity index (χ3n) is 3.17. The molecule has 0 aliphatic carbocycles. The van der Waals surface area contributed by atoms with Crippen molar-refractivity contribution >= 4 is 40.7 Å². The quantitative estimate of drug-likeness (QED) is 0.782. The first-order chi connectivity index (χ1) is 11.5. The molecule has 0 heterocycles. The summed E-state index contributed by atoms with van der Waals surface area (Å²) in [4.78, 5) is 11.4. The van der Waals surface area contributed by atoms with Gasteiger partial charge < -0.3 is 10.1 Å². The number of nitrogens with zero attached hydrogens (tertiary/aromatic N) is 1. The number of hydrogen-bond donors (Lipinski definition) is 1. The third-order valence-corrected chi connectivity index (χ3v) is 4.12. The summed E-state index contributed by atoms with van der Waals surface area (Å²) in [5.41, 5.74) is 1.37. The van der Waals surface area contributed by atoms with Gasteiger partial charge in [-0.25, -0.2) is 0 Å². The van der Waals surface area contributed by atoms with Crippen LogP contribution in [0.2, 0.25) is 15.1 Å². The molecule has 2 aromatic carbocycles. The van der Waals surface area contributed by atoms with Crippen LogP contribution in [0, 0.1) is 11.3 Å². The van der Waals surface area contributed by atoms with Gasteiger partial charge in [-0.1, -0.05) is 40.9 Å². The molecule has 0 radical (unpaired) electrons. The van der Waals surface area contributed by atoms with Gasteiger partial charge in [-0.05, 0) is 30.3 Å². The Labute approximate surface area is 154 Å².